The van der Waals surface area contributed by atoms with Crippen LogP contribution in [0, 0.1) is 0 Å². The second-order valence-electron chi connectivity index (χ2n) is 5.39. The lowest BCUT2D eigenvalue weighted by Crippen LogP contribution is -2.38. The van der Waals surface area contributed by atoms with Gasteiger partial charge in [0.2, 0.25) is 5.91 Å². The molecule has 1 aliphatic heterocycles. The van der Waals surface area contributed by atoms with Crippen molar-refractivity contribution < 1.29 is 4.79 Å². The maximum Gasteiger partial charge on any atom is 0.222 e. The molecule has 0 saturated carbocycles. The van der Waals surface area contributed by atoms with Gasteiger partial charge in [0, 0.05) is 37.8 Å². The Bertz CT molecular complexity index is 561. The number of pyridine rings is 1. The summed E-state index contributed by atoms with van der Waals surface area (Å²) in [5.41, 5.74) is 1.11. The van der Waals surface area contributed by atoms with Crippen LogP contribution in [0.3, 0.4) is 0 Å². The number of H-pyrrole nitrogens is 1. The molecule has 0 atom stereocenters. The first-order chi connectivity index (χ1) is 10.3. The fourth-order valence-corrected chi connectivity index (χ4v) is 2.77. The molecule has 1 saturated heterocycles. The van der Waals surface area contributed by atoms with Crippen molar-refractivity contribution in [3.05, 3.63) is 42.2 Å². The smallest absolute Gasteiger partial charge is 0.222 e. The van der Waals surface area contributed by atoms with Gasteiger partial charge in [-0.05, 0) is 30.9 Å². The van der Waals surface area contributed by atoms with Crippen LogP contribution in [0.25, 0.3) is 0 Å². The van der Waals surface area contributed by atoms with E-state index in [9.17, 15) is 4.79 Å². The fraction of sp³-hybridized carbons (Fsp3) is 0.467. The summed E-state index contributed by atoms with van der Waals surface area (Å²) >= 11 is 0. The van der Waals surface area contributed by atoms with Crippen molar-refractivity contribution in [3.63, 3.8) is 0 Å². The Balaban J connectivity index is 1.47. The normalized spacial score (nSPS) is 16.1. The topological polar surface area (TPSA) is 74.8 Å². The monoisotopic (exact) mass is 285 g/mol. The third-order valence-corrected chi connectivity index (χ3v) is 4.02. The Hall–Kier alpha value is -2.24. The van der Waals surface area contributed by atoms with Gasteiger partial charge in [-0.2, -0.15) is 5.10 Å². The minimum Gasteiger partial charge on any atom is -0.343 e. The van der Waals surface area contributed by atoms with Crippen LogP contribution in [0.5, 0.6) is 0 Å². The van der Waals surface area contributed by atoms with Crippen LogP contribution in [-0.2, 0) is 11.2 Å². The summed E-state index contributed by atoms with van der Waals surface area (Å²) in [5.74, 6) is 1.57. The van der Waals surface area contributed by atoms with Crippen LogP contribution in [0.15, 0.2) is 30.9 Å². The maximum atomic E-state index is 12.2. The lowest BCUT2D eigenvalue weighted by atomic mass is 9.96. The van der Waals surface area contributed by atoms with E-state index < -0.39 is 0 Å². The van der Waals surface area contributed by atoms with Crippen LogP contribution in [0.4, 0.5) is 0 Å². The average Bonchev–Trinajstić information content (AvgIpc) is 3.08. The van der Waals surface area contributed by atoms with E-state index in [-0.39, 0.29) is 5.91 Å². The zero-order valence-corrected chi connectivity index (χ0v) is 11.9. The molecule has 0 aromatic carbocycles. The molecule has 0 aliphatic carbocycles. The maximum absolute atomic E-state index is 12.2. The van der Waals surface area contributed by atoms with Crippen LogP contribution >= 0.6 is 0 Å². The summed E-state index contributed by atoms with van der Waals surface area (Å²) in [7, 11) is 0. The van der Waals surface area contributed by atoms with Crippen LogP contribution in [0.2, 0.25) is 0 Å². The number of aromatic nitrogens is 4. The number of hydrogen-bond donors (Lipinski definition) is 1. The third kappa shape index (κ3) is 3.45. The standard InChI is InChI=1S/C15H19N5O/c21-14(4-3-12-2-1-7-16-10-12)20-8-5-13(6-9-20)15-17-11-18-19-15/h1-2,7,10-11,13H,3-6,8-9H2,(H,17,18,19). The number of aryl methyl sites for hydroxylation is 1. The molecular formula is C15H19N5O. The van der Waals surface area contributed by atoms with Gasteiger partial charge >= 0.3 is 0 Å². The Labute approximate surface area is 123 Å². The number of amides is 1. The zero-order chi connectivity index (χ0) is 14.5. The van der Waals surface area contributed by atoms with E-state index in [2.05, 4.69) is 20.2 Å². The molecule has 1 fully saturated rings. The molecule has 1 N–H and O–H groups in total. The molecule has 1 aliphatic rings. The molecule has 110 valence electrons. The number of hydrogen-bond acceptors (Lipinski definition) is 4. The Kier molecular flexibility index (Phi) is 4.23. The second kappa shape index (κ2) is 6.47. The number of nitrogens with one attached hydrogen (secondary N) is 1. The highest BCUT2D eigenvalue weighted by Gasteiger charge is 2.24. The number of piperidine rings is 1. The van der Waals surface area contributed by atoms with Crippen molar-refractivity contribution in [1.29, 1.82) is 0 Å². The van der Waals surface area contributed by atoms with Gasteiger partial charge in [-0.15, -0.1) is 0 Å². The highest BCUT2D eigenvalue weighted by Crippen LogP contribution is 2.25. The summed E-state index contributed by atoms with van der Waals surface area (Å²) < 4.78 is 0. The first-order valence-electron chi connectivity index (χ1n) is 7.35. The molecule has 0 bridgehead atoms. The van der Waals surface area contributed by atoms with E-state index in [1.54, 1.807) is 12.5 Å². The van der Waals surface area contributed by atoms with E-state index in [0.717, 1.165) is 43.7 Å². The van der Waals surface area contributed by atoms with Crippen LogP contribution in [-0.4, -0.2) is 44.1 Å². The molecule has 0 radical (unpaired) electrons. The highest BCUT2D eigenvalue weighted by molar-refractivity contribution is 5.76. The molecule has 2 aromatic rings. The van der Waals surface area contributed by atoms with E-state index >= 15 is 0 Å². The van der Waals surface area contributed by atoms with Gasteiger partial charge in [0.25, 0.3) is 0 Å². The van der Waals surface area contributed by atoms with Crippen molar-refractivity contribution in [3.8, 4) is 0 Å². The minimum atomic E-state index is 0.231. The van der Waals surface area contributed by atoms with Crippen molar-refractivity contribution >= 4 is 5.91 Å². The van der Waals surface area contributed by atoms with E-state index in [4.69, 9.17) is 0 Å². The largest absolute Gasteiger partial charge is 0.343 e. The summed E-state index contributed by atoms with van der Waals surface area (Å²) in [6, 6.07) is 3.92. The molecule has 0 spiro atoms. The summed E-state index contributed by atoms with van der Waals surface area (Å²) in [6.07, 6.45) is 8.33. The first-order valence-corrected chi connectivity index (χ1v) is 7.35. The van der Waals surface area contributed by atoms with E-state index in [0.29, 0.717) is 12.3 Å². The van der Waals surface area contributed by atoms with Gasteiger partial charge in [0.05, 0.1) is 0 Å². The van der Waals surface area contributed by atoms with Gasteiger partial charge in [0.1, 0.15) is 12.2 Å². The quantitative estimate of drug-likeness (QED) is 0.924. The SMILES string of the molecule is O=C(CCc1cccnc1)N1CCC(c2ncn[nH]2)CC1. The molecule has 2 aromatic heterocycles. The molecule has 1 amide bonds. The lowest BCUT2D eigenvalue weighted by molar-refractivity contribution is -0.132. The van der Waals surface area contributed by atoms with Gasteiger partial charge in [-0.3, -0.25) is 14.9 Å². The molecule has 6 nitrogen and oxygen atoms in total. The molecule has 0 unspecified atom stereocenters. The fourth-order valence-electron chi connectivity index (χ4n) is 2.77. The van der Waals surface area contributed by atoms with E-state index in [1.165, 1.54) is 0 Å². The predicted molar refractivity (Wildman–Crippen MR) is 77.5 cm³/mol. The number of carbonyl (C=O) groups is 1. The number of carbonyl (C=O) groups excluding carboxylic acids is 1. The lowest BCUT2D eigenvalue weighted by Gasteiger charge is -2.31. The number of nitrogens with zero attached hydrogens (tertiary/aromatic N) is 4. The van der Waals surface area contributed by atoms with Crippen molar-refractivity contribution in [2.75, 3.05) is 13.1 Å². The van der Waals surface area contributed by atoms with Crippen LogP contribution in [0.1, 0.15) is 36.6 Å². The van der Waals surface area contributed by atoms with Crippen molar-refractivity contribution in [2.45, 2.75) is 31.6 Å². The average molecular weight is 285 g/mol. The Morgan fingerprint density at radius 2 is 2.24 bits per heavy atom. The van der Waals surface area contributed by atoms with Crippen molar-refractivity contribution in [2.24, 2.45) is 0 Å². The van der Waals surface area contributed by atoms with Gasteiger partial charge in [0.15, 0.2) is 0 Å². The summed E-state index contributed by atoms with van der Waals surface area (Å²) in [6.45, 7) is 1.61. The van der Waals surface area contributed by atoms with E-state index in [1.807, 2.05) is 23.2 Å². The summed E-state index contributed by atoms with van der Waals surface area (Å²) in [4.78, 5) is 22.5. The third-order valence-electron chi connectivity index (χ3n) is 4.02. The number of aromatic amines is 1. The molecular weight excluding hydrogens is 266 g/mol. The minimum absolute atomic E-state index is 0.231. The highest BCUT2D eigenvalue weighted by atomic mass is 16.2. The van der Waals surface area contributed by atoms with Gasteiger partial charge in [-0.25, -0.2) is 4.98 Å². The van der Waals surface area contributed by atoms with Gasteiger partial charge < -0.3 is 4.90 Å². The van der Waals surface area contributed by atoms with Gasteiger partial charge in [-0.1, -0.05) is 6.07 Å². The Morgan fingerprint density at radius 1 is 1.38 bits per heavy atom. The summed E-state index contributed by atoms with van der Waals surface area (Å²) in [5, 5.41) is 6.82. The number of likely N-dealkylation sites (tertiary alicyclic amines) is 1. The Morgan fingerprint density at radius 3 is 2.90 bits per heavy atom. The molecule has 3 rings (SSSR count). The van der Waals surface area contributed by atoms with Crippen molar-refractivity contribution in [1.82, 2.24) is 25.1 Å². The first kappa shape index (κ1) is 13.7. The van der Waals surface area contributed by atoms with Crippen LogP contribution < -0.4 is 0 Å². The zero-order valence-electron chi connectivity index (χ0n) is 11.9. The molecule has 3 heterocycles. The molecule has 21 heavy (non-hydrogen) atoms. The molecule has 6 heteroatoms. The number of rotatable bonds is 4. The predicted octanol–water partition coefficient (Wildman–Crippen LogP) is 1.54. The second-order valence-corrected chi connectivity index (χ2v) is 5.39.